The highest BCUT2D eigenvalue weighted by atomic mass is 19.1. The highest BCUT2D eigenvalue weighted by Gasteiger charge is 2.34. The molecule has 31 heavy (non-hydrogen) atoms. The number of carbonyl (C=O) groups excluding carboxylic acids is 1. The predicted octanol–water partition coefficient (Wildman–Crippen LogP) is 2.67. The molecule has 0 radical (unpaired) electrons. The minimum Gasteiger partial charge on any atom is -0.386 e. The van der Waals surface area contributed by atoms with Crippen LogP contribution in [0.5, 0.6) is 0 Å². The minimum absolute atomic E-state index is 0.111. The van der Waals surface area contributed by atoms with Crippen LogP contribution in [0.4, 0.5) is 10.2 Å². The fraction of sp³-hybridized carbons (Fsp3) is 0.435. The molecule has 7 nitrogen and oxygen atoms in total. The molecule has 3 heterocycles. The van der Waals surface area contributed by atoms with Crippen LogP contribution in [0.2, 0.25) is 0 Å². The maximum Gasteiger partial charge on any atom is 0.220 e. The molecule has 1 saturated heterocycles. The molecule has 1 aliphatic rings. The summed E-state index contributed by atoms with van der Waals surface area (Å²) < 4.78 is 15.3. The van der Waals surface area contributed by atoms with Crippen LogP contribution < -0.4 is 10.2 Å². The number of halogens is 1. The number of benzene rings is 1. The number of carbonyl (C=O) groups is 1. The van der Waals surface area contributed by atoms with E-state index in [1.165, 1.54) is 12.3 Å². The fourth-order valence-corrected chi connectivity index (χ4v) is 4.25. The van der Waals surface area contributed by atoms with Gasteiger partial charge >= 0.3 is 0 Å². The second kappa shape index (κ2) is 9.01. The molecule has 0 saturated carbocycles. The fourth-order valence-electron chi connectivity index (χ4n) is 4.25. The molecule has 0 spiro atoms. The Morgan fingerprint density at radius 2 is 2.13 bits per heavy atom. The topological polar surface area (TPSA) is 83.3 Å². The standard InChI is InChI=1S/C23H28FN5O2/c1-2-29-19-7-4-3-6-18(19)27-21(29)10-11-22(30)26-15-23(31)12-5-13-28(16-23)20-9-8-17(24)14-25-20/h3-4,6-9,14,31H,2,5,10-13,15-16H2,1H3,(H,26,30). The number of aryl methyl sites for hydroxylation is 2. The van der Waals surface area contributed by atoms with Crippen LogP contribution in [0.3, 0.4) is 0 Å². The number of aromatic nitrogens is 3. The van der Waals surface area contributed by atoms with Crippen LogP contribution >= 0.6 is 0 Å². The molecule has 2 N–H and O–H groups in total. The van der Waals surface area contributed by atoms with E-state index in [2.05, 4.69) is 26.8 Å². The summed E-state index contributed by atoms with van der Waals surface area (Å²) in [5, 5.41) is 13.9. The van der Waals surface area contributed by atoms with Crippen molar-refractivity contribution in [2.24, 2.45) is 0 Å². The van der Waals surface area contributed by atoms with Crippen LogP contribution in [0.1, 0.15) is 32.0 Å². The zero-order valence-corrected chi connectivity index (χ0v) is 17.7. The van der Waals surface area contributed by atoms with Gasteiger partial charge in [0.1, 0.15) is 17.5 Å². The van der Waals surface area contributed by atoms with E-state index in [0.717, 1.165) is 36.4 Å². The Morgan fingerprint density at radius 1 is 1.29 bits per heavy atom. The van der Waals surface area contributed by atoms with E-state index in [-0.39, 0.29) is 18.3 Å². The number of hydrogen-bond donors (Lipinski definition) is 2. The lowest BCUT2D eigenvalue weighted by molar-refractivity contribution is -0.122. The molecule has 1 fully saturated rings. The molecule has 3 aromatic rings. The van der Waals surface area contributed by atoms with E-state index in [0.29, 0.717) is 31.6 Å². The summed E-state index contributed by atoms with van der Waals surface area (Å²) in [6.45, 7) is 4.12. The van der Waals surface area contributed by atoms with Gasteiger partial charge in [0.2, 0.25) is 5.91 Å². The monoisotopic (exact) mass is 425 g/mol. The van der Waals surface area contributed by atoms with Gasteiger partial charge in [-0.25, -0.2) is 14.4 Å². The van der Waals surface area contributed by atoms with E-state index in [4.69, 9.17) is 0 Å². The number of nitrogens with zero attached hydrogens (tertiary/aromatic N) is 4. The molecule has 1 unspecified atom stereocenters. The van der Waals surface area contributed by atoms with E-state index < -0.39 is 5.60 Å². The minimum atomic E-state index is -1.04. The molecule has 1 aliphatic heterocycles. The zero-order chi connectivity index (χ0) is 21.8. The summed E-state index contributed by atoms with van der Waals surface area (Å²) in [6, 6.07) is 10.9. The first kappa shape index (κ1) is 21.2. The number of para-hydroxylation sites is 2. The summed E-state index contributed by atoms with van der Waals surface area (Å²) in [5.74, 6) is 1.02. The maximum absolute atomic E-state index is 13.1. The van der Waals surface area contributed by atoms with Gasteiger partial charge in [0, 0.05) is 39.0 Å². The van der Waals surface area contributed by atoms with Gasteiger partial charge in [-0.05, 0) is 44.0 Å². The molecule has 1 amide bonds. The van der Waals surface area contributed by atoms with Crippen molar-refractivity contribution in [1.82, 2.24) is 19.9 Å². The van der Waals surface area contributed by atoms with Crippen LogP contribution in [0.25, 0.3) is 11.0 Å². The molecular weight excluding hydrogens is 397 g/mol. The van der Waals surface area contributed by atoms with Crippen molar-refractivity contribution in [1.29, 1.82) is 0 Å². The number of rotatable bonds is 7. The Kier molecular flexibility index (Phi) is 6.18. The lowest BCUT2D eigenvalue weighted by Gasteiger charge is -2.39. The Morgan fingerprint density at radius 3 is 2.90 bits per heavy atom. The van der Waals surface area contributed by atoms with Crippen LogP contribution in [0, 0.1) is 5.82 Å². The number of fused-ring (bicyclic) bond motifs is 1. The summed E-state index contributed by atoms with van der Waals surface area (Å²) in [7, 11) is 0. The van der Waals surface area contributed by atoms with E-state index in [9.17, 15) is 14.3 Å². The number of anilines is 1. The second-order valence-corrected chi connectivity index (χ2v) is 8.12. The third-order valence-electron chi connectivity index (χ3n) is 5.83. The van der Waals surface area contributed by atoms with Crippen LogP contribution in [-0.2, 0) is 17.8 Å². The molecule has 1 atom stereocenters. The smallest absolute Gasteiger partial charge is 0.220 e. The van der Waals surface area contributed by atoms with Crippen molar-refractivity contribution in [2.45, 2.75) is 44.8 Å². The van der Waals surface area contributed by atoms with Gasteiger partial charge < -0.3 is 19.9 Å². The lowest BCUT2D eigenvalue weighted by Crippen LogP contribution is -2.54. The summed E-state index contributed by atoms with van der Waals surface area (Å²) in [6.07, 6.45) is 3.39. The van der Waals surface area contributed by atoms with Crippen molar-refractivity contribution in [3.63, 3.8) is 0 Å². The highest BCUT2D eigenvalue weighted by Crippen LogP contribution is 2.24. The highest BCUT2D eigenvalue weighted by molar-refractivity contribution is 5.77. The first-order valence-electron chi connectivity index (χ1n) is 10.8. The molecule has 8 heteroatoms. The molecule has 1 aromatic carbocycles. The average molecular weight is 426 g/mol. The third-order valence-corrected chi connectivity index (χ3v) is 5.83. The number of amides is 1. The first-order chi connectivity index (χ1) is 15.0. The number of β-amino-alcohol motifs (C(OH)–C–C–N with tert-alkyl or cyclic N) is 1. The Hall–Kier alpha value is -3.00. The zero-order valence-electron chi connectivity index (χ0n) is 17.7. The number of imidazole rings is 1. The van der Waals surface area contributed by atoms with Gasteiger partial charge in [0.15, 0.2) is 0 Å². The predicted molar refractivity (Wildman–Crippen MR) is 117 cm³/mol. The maximum atomic E-state index is 13.1. The number of piperidine rings is 1. The van der Waals surface area contributed by atoms with Crippen molar-refractivity contribution in [3.05, 3.63) is 54.2 Å². The van der Waals surface area contributed by atoms with Crippen LogP contribution in [-0.4, -0.2) is 50.8 Å². The largest absolute Gasteiger partial charge is 0.386 e. The van der Waals surface area contributed by atoms with E-state index in [1.54, 1.807) is 6.07 Å². The van der Waals surface area contributed by atoms with Gasteiger partial charge in [-0.2, -0.15) is 0 Å². The second-order valence-electron chi connectivity index (χ2n) is 8.12. The third kappa shape index (κ3) is 4.85. The number of hydrogen-bond acceptors (Lipinski definition) is 5. The van der Waals surface area contributed by atoms with Crippen molar-refractivity contribution in [2.75, 3.05) is 24.5 Å². The normalized spacial score (nSPS) is 19.0. The Bertz CT molecular complexity index is 1050. The summed E-state index contributed by atoms with van der Waals surface area (Å²) >= 11 is 0. The van der Waals surface area contributed by atoms with Crippen LogP contribution in [0.15, 0.2) is 42.6 Å². The molecule has 164 valence electrons. The van der Waals surface area contributed by atoms with Gasteiger partial charge in [0.25, 0.3) is 0 Å². The first-order valence-corrected chi connectivity index (χ1v) is 10.8. The van der Waals surface area contributed by atoms with E-state index in [1.807, 2.05) is 29.2 Å². The SMILES string of the molecule is CCn1c(CCC(=O)NCC2(O)CCCN(c3ccc(F)cn3)C2)nc2ccccc21. The number of pyridine rings is 1. The summed E-state index contributed by atoms with van der Waals surface area (Å²) in [5.41, 5.74) is 0.970. The molecule has 0 bridgehead atoms. The van der Waals surface area contributed by atoms with Crippen molar-refractivity contribution >= 4 is 22.8 Å². The van der Waals surface area contributed by atoms with Gasteiger partial charge in [-0.3, -0.25) is 4.79 Å². The Labute approximate surface area is 180 Å². The van der Waals surface area contributed by atoms with Gasteiger partial charge in [-0.15, -0.1) is 0 Å². The van der Waals surface area contributed by atoms with Gasteiger partial charge in [-0.1, -0.05) is 12.1 Å². The van der Waals surface area contributed by atoms with Gasteiger partial charge in [0.05, 0.1) is 22.8 Å². The van der Waals surface area contributed by atoms with E-state index >= 15 is 0 Å². The summed E-state index contributed by atoms with van der Waals surface area (Å²) in [4.78, 5) is 23.2. The molecule has 4 rings (SSSR count). The Balaban J connectivity index is 1.32. The molecule has 2 aromatic heterocycles. The molecule has 0 aliphatic carbocycles. The lowest BCUT2D eigenvalue weighted by atomic mass is 9.92. The van der Waals surface area contributed by atoms with Crippen molar-refractivity contribution in [3.8, 4) is 0 Å². The number of nitrogens with one attached hydrogen (secondary N) is 1. The quantitative estimate of drug-likeness (QED) is 0.608. The number of aliphatic hydroxyl groups is 1. The van der Waals surface area contributed by atoms with Crippen molar-refractivity contribution < 1.29 is 14.3 Å². The molecular formula is C23H28FN5O2. The average Bonchev–Trinajstić information content (AvgIpc) is 3.14.